The summed E-state index contributed by atoms with van der Waals surface area (Å²) < 4.78 is 11.0. The van der Waals surface area contributed by atoms with Crippen LogP contribution in [0.2, 0.25) is 0 Å². The molecule has 1 aliphatic heterocycles. The van der Waals surface area contributed by atoms with Crippen LogP contribution in [-0.2, 0) is 9.59 Å². The van der Waals surface area contributed by atoms with Gasteiger partial charge in [-0.15, -0.1) is 0 Å². The van der Waals surface area contributed by atoms with Crippen LogP contribution < -0.4 is 19.7 Å². The number of methoxy groups -OCH3 is 1. The highest BCUT2D eigenvalue weighted by molar-refractivity contribution is 6.46. The van der Waals surface area contributed by atoms with Gasteiger partial charge < -0.3 is 14.8 Å². The van der Waals surface area contributed by atoms with E-state index in [9.17, 15) is 9.59 Å². The quantitative estimate of drug-likeness (QED) is 0.481. The third-order valence-corrected chi connectivity index (χ3v) is 5.76. The number of rotatable bonds is 7. The van der Waals surface area contributed by atoms with Gasteiger partial charge in [-0.25, -0.2) is 4.90 Å². The fraction of sp³-hybridized carbons (Fsp3) is 0.214. The summed E-state index contributed by atoms with van der Waals surface area (Å²) in [5.41, 5.74) is 5.36. The van der Waals surface area contributed by atoms with E-state index in [2.05, 4.69) is 5.32 Å². The number of nitrogens with one attached hydrogen (secondary N) is 1. The van der Waals surface area contributed by atoms with Crippen molar-refractivity contribution in [2.45, 2.75) is 27.7 Å². The minimum Gasteiger partial charge on any atom is -0.495 e. The van der Waals surface area contributed by atoms with Crippen molar-refractivity contribution in [3.63, 3.8) is 0 Å². The summed E-state index contributed by atoms with van der Waals surface area (Å²) in [7, 11) is 1.57. The Balaban J connectivity index is 1.84. The Labute approximate surface area is 199 Å². The molecule has 6 nitrogen and oxygen atoms in total. The van der Waals surface area contributed by atoms with Gasteiger partial charge in [-0.05, 0) is 80.8 Å². The largest absolute Gasteiger partial charge is 0.495 e. The Bertz CT molecular complexity index is 1290. The van der Waals surface area contributed by atoms with Gasteiger partial charge in [-0.3, -0.25) is 9.59 Å². The molecule has 1 heterocycles. The SMILES string of the molecule is CCOc1ccc(N2C(=O)C(Nc3cc(C)ccc3OC)=C(c3ccc(C)cc3C)C2=O)cc1. The lowest BCUT2D eigenvalue weighted by atomic mass is 9.97. The first-order valence-corrected chi connectivity index (χ1v) is 11.2. The third kappa shape index (κ3) is 4.27. The van der Waals surface area contributed by atoms with E-state index < -0.39 is 5.91 Å². The molecule has 3 aromatic rings. The Hall–Kier alpha value is -4.06. The second-order valence-electron chi connectivity index (χ2n) is 8.27. The maximum absolute atomic E-state index is 13.7. The van der Waals surface area contributed by atoms with Gasteiger partial charge in [0.2, 0.25) is 0 Å². The second kappa shape index (κ2) is 9.43. The van der Waals surface area contributed by atoms with Crippen molar-refractivity contribution in [3.8, 4) is 11.5 Å². The van der Waals surface area contributed by atoms with Crippen molar-refractivity contribution < 1.29 is 19.1 Å². The highest BCUT2D eigenvalue weighted by Crippen LogP contribution is 2.37. The number of hydrogen-bond donors (Lipinski definition) is 1. The van der Waals surface area contributed by atoms with E-state index in [-0.39, 0.29) is 11.6 Å². The van der Waals surface area contributed by atoms with Crippen LogP contribution in [0, 0.1) is 20.8 Å². The summed E-state index contributed by atoms with van der Waals surface area (Å²) in [6.45, 7) is 8.33. The van der Waals surface area contributed by atoms with Gasteiger partial charge in [0.15, 0.2) is 0 Å². The summed E-state index contributed by atoms with van der Waals surface area (Å²) in [5, 5.41) is 3.22. The van der Waals surface area contributed by atoms with Gasteiger partial charge in [0.05, 0.1) is 30.7 Å². The van der Waals surface area contributed by atoms with Gasteiger partial charge in [0, 0.05) is 0 Å². The second-order valence-corrected chi connectivity index (χ2v) is 8.27. The molecule has 174 valence electrons. The predicted octanol–water partition coefficient (Wildman–Crippen LogP) is 5.42. The molecule has 6 heteroatoms. The van der Waals surface area contributed by atoms with Crippen LogP contribution in [0.25, 0.3) is 5.57 Å². The fourth-order valence-electron chi connectivity index (χ4n) is 4.14. The van der Waals surface area contributed by atoms with Gasteiger partial charge in [-0.1, -0.05) is 29.8 Å². The van der Waals surface area contributed by atoms with E-state index in [0.29, 0.717) is 40.6 Å². The zero-order valence-corrected chi connectivity index (χ0v) is 20.1. The van der Waals surface area contributed by atoms with Gasteiger partial charge in [-0.2, -0.15) is 0 Å². The van der Waals surface area contributed by atoms with Crippen molar-refractivity contribution in [1.82, 2.24) is 0 Å². The van der Waals surface area contributed by atoms with Crippen LogP contribution in [0.3, 0.4) is 0 Å². The van der Waals surface area contributed by atoms with E-state index in [1.54, 1.807) is 31.4 Å². The molecule has 0 atom stereocenters. The minimum atomic E-state index is -0.423. The average molecular weight is 457 g/mol. The summed E-state index contributed by atoms with van der Waals surface area (Å²) in [6.07, 6.45) is 0. The molecule has 0 unspecified atom stereocenters. The smallest absolute Gasteiger partial charge is 0.282 e. The number of aryl methyl sites for hydroxylation is 3. The minimum absolute atomic E-state index is 0.217. The van der Waals surface area contributed by atoms with Gasteiger partial charge in [0.25, 0.3) is 11.8 Å². The zero-order valence-electron chi connectivity index (χ0n) is 20.1. The Morgan fingerprint density at radius 1 is 0.853 bits per heavy atom. The monoisotopic (exact) mass is 456 g/mol. The third-order valence-electron chi connectivity index (χ3n) is 5.76. The molecule has 0 fully saturated rings. The predicted molar refractivity (Wildman–Crippen MR) is 134 cm³/mol. The average Bonchev–Trinajstić information content (AvgIpc) is 3.04. The van der Waals surface area contributed by atoms with Crippen LogP contribution in [0.4, 0.5) is 11.4 Å². The maximum Gasteiger partial charge on any atom is 0.282 e. The molecule has 1 aliphatic rings. The first-order valence-electron chi connectivity index (χ1n) is 11.2. The number of ether oxygens (including phenoxy) is 2. The van der Waals surface area contributed by atoms with Crippen LogP contribution in [0.5, 0.6) is 11.5 Å². The number of nitrogens with zero attached hydrogens (tertiary/aromatic N) is 1. The molecule has 0 saturated carbocycles. The number of imide groups is 1. The molecule has 0 radical (unpaired) electrons. The van der Waals surface area contributed by atoms with Crippen molar-refractivity contribution in [1.29, 1.82) is 0 Å². The molecule has 4 rings (SSSR count). The number of amides is 2. The molecule has 0 bridgehead atoms. The molecule has 1 N–H and O–H groups in total. The molecule has 0 aliphatic carbocycles. The lowest BCUT2D eigenvalue weighted by molar-refractivity contribution is -0.120. The first kappa shape index (κ1) is 23.1. The van der Waals surface area contributed by atoms with Crippen molar-refractivity contribution >= 4 is 28.8 Å². The molecule has 3 aromatic carbocycles. The van der Waals surface area contributed by atoms with E-state index in [1.807, 2.05) is 64.1 Å². The van der Waals surface area contributed by atoms with Crippen LogP contribution >= 0.6 is 0 Å². The lowest BCUT2D eigenvalue weighted by Gasteiger charge is -2.16. The topological polar surface area (TPSA) is 67.9 Å². The van der Waals surface area contributed by atoms with Crippen LogP contribution in [-0.4, -0.2) is 25.5 Å². The fourth-order valence-corrected chi connectivity index (χ4v) is 4.14. The summed E-state index contributed by atoms with van der Waals surface area (Å²) in [4.78, 5) is 28.6. The normalized spacial score (nSPS) is 13.5. The molecule has 0 spiro atoms. The molecular formula is C28H28N2O4. The molecule has 0 aromatic heterocycles. The van der Waals surface area contributed by atoms with E-state index in [4.69, 9.17) is 9.47 Å². The van der Waals surface area contributed by atoms with Crippen molar-refractivity contribution in [3.05, 3.63) is 88.6 Å². The van der Waals surface area contributed by atoms with Crippen molar-refractivity contribution in [2.24, 2.45) is 0 Å². The summed E-state index contributed by atoms with van der Waals surface area (Å²) >= 11 is 0. The molecular weight excluding hydrogens is 428 g/mol. The standard InChI is InChI=1S/C28H28N2O4/c1-6-34-21-11-9-20(10-12-21)30-27(31)25(22-13-7-17(2)15-19(22)4)26(28(30)32)29-23-16-18(3)8-14-24(23)33-5/h7-16,29H,6H2,1-5H3. The van der Waals surface area contributed by atoms with Crippen molar-refractivity contribution in [2.75, 3.05) is 23.9 Å². The Morgan fingerprint density at radius 3 is 2.18 bits per heavy atom. The lowest BCUT2D eigenvalue weighted by Crippen LogP contribution is -2.32. The highest BCUT2D eigenvalue weighted by Gasteiger charge is 2.41. The Kier molecular flexibility index (Phi) is 6.41. The number of benzene rings is 3. The van der Waals surface area contributed by atoms with Gasteiger partial charge in [0.1, 0.15) is 17.2 Å². The number of anilines is 2. The number of carbonyl (C=O) groups is 2. The number of hydrogen-bond acceptors (Lipinski definition) is 5. The number of carbonyl (C=O) groups excluding carboxylic acids is 2. The molecule has 34 heavy (non-hydrogen) atoms. The highest BCUT2D eigenvalue weighted by atomic mass is 16.5. The summed E-state index contributed by atoms with van der Waals surface area (Å²) in [5.74, 6) is 0.455. The maximum atomic E-state index is 13.7. The van der Waals surface area contributed by atoms with Gasteiger partial charge >= 0.3 is 0 Å². The van der Waals surface area contributed by atoms with E-state index >= 15 is 0 Å². The first-order chi connectivity index (χ1) is 16.3. The van der Waals surface area contributed by atoms with E-state index in [0.717, 1.165) is 16.7 Å². The Morgan fingerprint density at radius 2 is 1.53 bits per heavy atom. The van der Waals surface area contributed by atoms with Crippen LogP contribution in [0.15, 0.2) is 66.4 Å². The summed E-state index contributed by atoms with van der Waals surface area (Å²) in [6, 6.07) is 18.4. The van der Waals surface area contributed by atoms with E-state index in [1.165, 1.54) is 4.90 Å². The molecule has 0 saturated heterocycles. The molecule has 2 amide bonds. The zero-order chi connectivity index (χ0) is 24.4. The van der Waals surface area contributed by atoms with Crippen LogP contribution in [0.1, 0.15) is 29.2 Å².